The molecule has 1 aromatic carbocycles. The van der Waals surface area contributed by atoms with Gasteiger partial charge >= 0.3 is 0 Å². The third-order valence-electron chi connectivity index (χ3n) is 6.51. The predicted octanol–water partition coefficient (Wildman–Crippen LogP) is 4.12. The third-order valence-corrected chi connectivity index (χ3v) is 8.56. The number of ether oxygens (including phenoxy) is 1. The molecule has 0 N–H and O–H groups in total. The fourth-order valence-electron chi connectivity index (χ4n) is 4.78. The summed E-state index contributed by atoms with van der Waals surface area (Å²) in [6, 6.07) is 9.17. The topological polar surface area (TPSA) is 77.3 Å². The fourth-order valence-corrected chi connectivity index (χ4v) is 6.36. The average molecular weight is 503 g/mol. The first-order valence-electron chi connectivity index (χ1n) is 11.1. The van der Waals surface area contributed by atoms with Crippen LogP contribution in [-0.4, -0.2) is 53.8 Å². The lowest BCUT2D eigenvalue weighted by molar-refractivity contribution is 0.0477. The van der Waals surface area contributed by atoms with E-state index in [1.807, 2.05) is 6.92 Å². The lowest BCUT2D eigenvalue weighted by atomic mass is 9.69. The highest BCUT2D eigenvalue weighted by Gasteiger charge is 2.46. The number of benzene rings is 1. The molecular formula is C24H24ClFN4O3S. The van der Waals surface area contributed by atoms with Gasteiger partial charge in [-0.05, 0) is 67.8 Å². The largest absolute Gasteiger partial charge is 0.381 e. The van der Waals surface area contributed by atoms with Gasteiger partial charge in [-0.2, -0.15) is 9.40 Å². The van der Waals surface area contributed by atoms with E-state index in [9.17, 15) is 12.8 Å². The van der Waals surface area contributed by atoms with E-state index in [1.165, 1.54) is 34.8 Å². The number of fused-ring (bicyclic) bond motifs is 2. The van der Waals surface area contributed by atoms with Crippen LogP contribution in [-0.2, 0) is 21.2 Å². The number of aromatic nitrogens is 3. The Morgan fingerprint density at radius 1 is 1.18 bits per heavy atom. The highest BCUT2D eigenvalue weighted by atomic mass is 35.5. The molecule has 1 unspecified atom stereocenters. The smallest absolute Gasteiger partial charge is 0.244 e. The second-order valence-corrected chi connectivity index (χ2v) is 10.9. The fraction of sp³-hybridized carbons (Fsp3) is 0.333. The molecule has 0 spiro atoms. The van der Waals surface area contributed by atoms with Gasteiger partial charge in [0.25, 0.3) is 0 Å². The van der Waals surface area contributed by atoms with Crippen molar-refractivity contribution < 1.29 is 17.5 Å². The normalized spacial score (nSPS) is 20.5. The molecule has 178 valence electrons. The number of hydrogen-bond donors (Lipinski definition) is 0. The van der Waals surface area contributed by atoms with Gasteiger partial charge in [0.15, 0.2) is 0 Å². The van der Waals surface area contributed by atoms with E-state index in [1.54, 1.807) is 23.0 Å². The van der Waals surface area contributed by atoms with E-state index >= 15 is 0 Å². The molecule has 1 aliphatic carbocycles. The Morgan fingerprint density at radius 2 is 1.97 bits per heavy atom. The van der Waals surface area contributed by atoms with Crippen molar-refractivity contribution >= 4 is 27.7 Å². The molecule has 3 aromatic rings. The first-order valence-corrected chi connectivity index (χ1v) is 12.9. The van der Waals surface area contributed by atoms with Crippen molar-refractivity contribution in [2.24, 2.45) is 5.41 Å². The predicted molar refractivity (Wildman–Crippen MR) is 127 cm³/mol. The van der Waals surface area contributed by atoms with Crippen molar-refractivity contribution in [3.05, 3.63) is 76.6 Å². The molecule has 5 rings (SSSR count). The molecule has 7 nitrogen and oxygen atoms in total. The summed E-state index contributed by atoms with van der Waals surface area (Å²) in [5.74, 6) is -0.302. The summed E-state index contributed by atoms with van der Waals surface area (Å²) in [6.45, 7) is 3.51. The molecule has 0 amide bonds. The van der Waals surface area contributed by atoms with E-state index in [0.717, 1.165) is 22.5 Å². The summed E-state index contributed by atoms with van der Waals surface area (Å²) >= 11 is 5.85. The van der Waals surface area contributed by atoms with Crippen LogP contribution in [0.3, 0.4) is 0 Å². The molecule has 2 aromatic heterocycles. The summed E-state index contributed by atoms with van der Waals surface area (Å²) in [7, 11) is -3.74. The van der Waals surface area contributed by atoms with Gasteiger partial charge in [-0.3, -0.25) is 0 Å². The van der Waals surface area contributed by atoms with E-state index < -0.39 is 15.4 Å². The van der Waals surface area contributed by atoms with Crippen molar-refractivity contribution in [2.45, 2.75) is 24.7 Å². The zero-order valence-corrected chi connectivity index (χ0v) is 20.2. The standard InChI is InChI=1S/C24H24ClFN4O3S/c1-2-33-16-24-12-17-13-28-30(20-5-3-19(26)4-6-20)22(17)11-18(24)9-10-29(15-24)34(31,32)21-7-8-23(25)27-14-21/h3-8,11,13-14H,2,9-10,12,15-16H2,1H3. The summed E-state index contributed by atoms with van der Waals surface area (Å²) in [5, 5.41) is 4.79. The molecule has 0 saturated carbocycles. The second kappa shape index (κ2) is 8.88. The maximum atomic E-state index is 13.4. The molecule has 0 bridgehead atoms. The zero-order chi connectivity index (χ0) is 23.9. The lowest BCUT2D eigenvalue weighted by Gasteiger charge is -2.45. The van der Waals surface area contributed by atoms with Gasteiger partial charge in [0, 0.05) is 31.3 Å². The van der Waals surface area contributed by atoms with Gasteiger partial charge < -0.3 is 4.74 Å². The number of sulfonamides is 1. The number of rotatable bonds is 6. The van der Waals surface area contributed by atoms with Gasteiger partial charge in [0.05, 0.1) is 24.2 Å². The minimum Gasteiger partial charge on any atom is -0.381 e. The number of piperidine rings is 1. The van der Waals surface area contributed by atoms with Crippen LogP contribution in [0.1, 0.15) is 24.6 Å². The van der Waals surface area contributed by atoms with Crippen molar-refractivity contribution in [3.63, 3.8) is 0 Å². The van der Waals surface area contributed by atoms with E-state index in [0.29, 0.717) is 39.1 Å². The monoisotopic (exact) mass is 502 g/mol. The SMILES string of the molecule is CCOCC12Cc3cnn(-c4ccc(F)cc4)c3C=C1CCN(S(=O)(=O)c1ccc(Cl)nc1)C2. The Morgan fingerprint density at radius 3 is 2.68 bits per heavy atom. The third kappa shape index (κ3) is 4.07. The molecule has 34 heavy (non-hydrogen) atoms. The molecular weight excluding hydrogens is 479 g/mol. The number of hydrogen-bond acceptors (Lipinski definition) is 5. The summed E-state index contributed by atoms with van der Waals surface area (Å²) in [4.78, 5) is 4.07. The van der Waals surface area contributed by atoms with E-state index in [4.69, 9.17) is 16.3 Å². The first kappa shape index (κ1) is 23.2. The molecule has 3 heterocycles. The van der Waals surface area contributed by atoms with Crippen LogP contribution in [0.4, 0.5) is 4.39 Å². The molecule has 10 heteroatoms. The Kier molecular flexibility index (Phi) is 6.05. The Bertz CT molecular complexity index is 1340. The molecule has 1 fully saturated rings. The highest BCUT2D eigenvalue weighted by molar-refractivity contribution is 7.89. The summed E-state index contributed by atoms with van der Waals surface area (Å²) in [6.07, 6.45) is 6.36. The molecule has 1 atom stereocenters. The van der Waals surface area contributed by atoms with Gasteiger partial charge in [-0.25, -0.2) is 22.5 Å². The van der Waals surface area contributed by atoms with Crippen LogP contribution in [0.5, 0.6) is 0 Å². The number of nitrogens with zero attached hydrogens (tertiary/aromatic N) is 4. The van der Waals surface area contributed by atoms with E-state index in [-0.39, 0.29) is 15.9 Å². The Hall–Kier alpha value is -2.59. The summed E-state index contributed by atoms with van der Waals surface area (Å²) in [5.41, 5.74) is 3.35. The second-order valence-electron chi connectivity index (χ2n) is 8.61. The van der Waals surface area contributed by atoms with Crippen molar-refractivity contribution in [1.29, 1.82) is 0 Å². The van der Waals surface area contributed by atoms with Gasteiger partial charge in [0.2, 0.25) is 10.0 Å². The van der Waals surface area contributed by atoms with Crippen LogP contribution in [0.15, 0.2) is 59.3 Å². The Labute approximate surface area is 202 Å². The molecule has 2 aliphatic rings. The van der Waals surface area contributed by atoms with Gasteiger partial charge in [-0.1, -0.05) is 17.2 Å². The van der Waals surface area contributed by atoms with Crippen LogP contribution in [0, 0.1) is 11.2 Å². The van der Waals surface area contributed by atoms with Crippen LogP contribution in [0.25, 0.3) is 11.8 Å². The molecule has 1 aliphatic heterocycles. The maximum absolute atomic E-state index is 13.4. The van der Waals surface area contributed by atoms with Gasteiger partial charge in [-0.15, -0.1) is 0 Å². The summed E-state index contributed by atoms with van der Waals surface area (Å²) < 4.78 is 49.4. The van der Waals surface area contributed by atoms with Crippen molar-refractivity contribution in [2.75, 3.05) is 26.3 Å². The Balaban J connectivity index is 1.51. The highest BCUT2D eigenvalue weighted by Crippen LogP contribution is 2.45. The lowest BCUT2D eigenvalue weighted by Crippen LogP contribution is -2.51. The van der Waals surface area contributed by atoms with Crippen LogP contribution in [0.2, 0.25) is 5.15 Å². The minimum atomic E-state index is -3.74. The minimum absolute atomic E-state index is 0.122. The first-order chi connectivity index (χ1) is 16.3. The van der Waals surface area contributed by atoms with Crippen molar-refractivity contribution in [1.82, 2.24) is 19.1 Å². The molecule has 0 radical (unpaired) electrons. The zero-order valence-electron chi connectivity index (χ0n) is 18.6. The number of halogens is 2. The average Bonchev–Trinajstić information content (AvgIpc) is 3.24. The maximum Gasteiger partial charge on any atom is 0.244 e. The van der Waals surface area contributed by atoms with Gasteiger partial charge in [0.1, 0.15) is 15.9 Å². The van der Waals surface area contributed by atoms with Crippen LogP contribution < -0.4 is 0 Å². The van der Waals surface area contributed by atoms with Crippen LogP contribution >= 0.6 is 11.6 Å². The van der Waals surface area contributed by atoms with E-state index in [2.05, 4.69) is 16.2 Å². The molecule has 1 saturated heterocycles. The number of pyridine rings is 1. The van der Waals surface area contributed by atoms with Crippen molar-refractivity contribution in [3.8, 4) is 5.69 Å². The quantitative estimate of drug-likeness (QED) is 0.474.